The summed E-state index contributed by atoms with van der Waals surface area (Å²) in [6.45, 7) is -0.319. The van der Waals surface area contributed by atoms with Crippen LogP contribution in [0.5, 0.6) is 5.75 Å². The molecule has 0 aliphatic carbocycles. The summed E-state index contributed by atoms with van der Waals surface area (Å²) in [4.78, 5) is 14.0. The van der Waals surface area contributed by atoms with Gasteiger partial charge < -0.3 is 15.4 Å². The van der Waals surface area contributed by atoms with E-state index in [2.05, 4.69) is 4.74 Å². The van der Waals surface area contributed by atoms with Gasteiger partial charge in [-0.3, -0.25) is 4.79 Å². The van der Waals surface area contributed by atoms with Crippen LogP contribution in [0.3, 0.4) is 0 Å². The van der Waals surface area contributed by atoms with E-state index in [1.165, 1.54) is 6.07 Å². The number of nitrogens with zero attached hydrogens (tertiary/aromatic N) is 1. The quantitative estimate of drug-likeness (QED) is 0.909. The van der Waals surface area contributed by atoms with E-state index in [1.54, 1.807) is 17.0 Å². The van der Waals surface area contributed by atoms with Gasteiger partial charge in [-0.05, 0) is 49.9 Å². The number of aryl methyl sites for hydroxylation is 1. The van der Waals surface area contributed by atoms with Gasteiger partial charge in [0.15, 0.2) is 0 Å². The number of carbonyl (C=O) groups excluding carboxylic acids is 1. The van der Waals surface area contributed by atoms with Crippen LogP contribution in [0.25, 0.3) is 0 Å². The van der Waals surface area contributed by atoms with E-state index < -0.39 is 6.61 Å². The van der Waals surface area contributed by atoms with Gasteiger partial charge in [-0.2, -0.15) is 8.78 Å². The Bertz CT molecular complexity index is 506. The average molecular weight is 298 g/mol. The van der Waals surface area contributed by atoms with Gasteiger partial charge >= 0.3 is 6.61 Å². The molecule has 21 heavy (non-hydrogen) atoms. The fourth-order valence-electron chi connectivity index (χ4n) is 2.49. The number of halogens is 2. The zero-order valence-electron chi connectivity index (χ0n) is 12.0. The van der Waals surface area contributed by atoms with Gasteiger partial charge in [0.05, 0.1) is 0 Å². The largest absolute Gasteiger partial charge is 0.435 e. The molecule has 1 atom stereocenters. The number of fused-ring (bicyclic) bond motifs is 1. The molecule has 0 radical (unpaired) electrons. The number of benzene rings is 1. The molecule has 6 heteroatoms. The first-order chi connectivity index (χ1) is 9.97. The van der Waals surface area contributed by atoms with Crippen LogP contribution in [0.15, 0.2) is 18.2 Å². The summed E-state index contributed by atoms with van der Waals surface area (Å²) in [7, 11) is 0. The fourth-order valence-corrected chi connectivity index (χ4v) is 2.49. The van der Waals surface area contributed by atoms with Crippen molar-refractivity contribution >= 4 is 11.6 Å². The van der Waals surface area contributed by atoms with Gasteiger partial charge in [-0.15, -0.1) is 0 Å². The van der Waals surface area contributed by atoms with Crippen LogP contribution < -0.4 is 15.4 Å². The molecular formula is C15H20F2N2O2. The normalized spacial score (nSPS) is 15.8. The molecule has 1 aliphatic rings. The lowest BCUT2D eigenvalue weighted by Gasteiger charge is -2.30. The Labute approximate surface area is 122 Å². The standard InChI is InChI=1S/C15H20F2N2O2/c1-10(18)4-7-14(20)19-8-2-3-11-9-12(21-15(16)17)5-6-13(11)19/h5-6,9-10,15H,2-4,7-8,18H2,1H3. The molecular weight excluding hydrogens is 278 g/mol. The van der Waals surface area contributed by atoms with Crippen LogP contribution in [0, 0.1) is 0 Å². The first-order valence-electron chi connectivity index (χ1n) is 7.11. The minimum absolute atomic E-state index is 0.0139. The second-order valence-corrected chi connectivity index (χ2v) is 5.33. The molecule has 0 aromatic heterocycles. The first kappa shape index (κ1) is 15.7. The predicted molar refractivity (Wildman–Crippen MR) is 76.6 cm³/mol. The number of anilines is 1. The molecule has 2 rings (SSSR count). The maximum Gasteiger partial charge on any atom is 0.387 e. The lowest BCUT2D eigenvalue weighted by Crippen LogP contribution is -2.36. The molecule has 0 bridgehead atoms. The number of amides is 1. The molecule has 1 amide bonds. The third-order valence-corrected chi connectivity index (χ3v) is 3.51. The summed E-state index contributed by atoms with van der Waals surface area (Å²) < 4.78 is 28.9. The SMILES string of the molecule is CC(N)CCC(=O)N1CCCc2cc(OC(F)F)ccc21. The molecule has 1 aromatic rings. The van der Waals surface area contributed by atoms with Gasteiger partial charge in [0.1, 0.15) is 5.75 Å². The third-order valence-electron chi connectivity index (χ3n) is 3.51. The van der Waals surface area contributed by atoms with Crippen LogP contribution >= 0.6 is 0 Å². The summed E-state index contributed by atoms with van der Waals surface area (Å²) >= 11 is 0. The van der Waals surface area contributed by atoms with Gasteiger partial charge in [0, 0.05) is 24.7 Å². The molecule has 1 aromatic carbocycles. The Morgan fingerprint density at radius 1 is 1.48 bits per heavy atom. The van der Waals surface area contributed by atoms with E-state index in [1.807, 2.05) is 6.92 Å². The summed E-state index contributed by atoms with van der Waals surface area (Å²) in [6.07, 6.45) is 2.60. The van der Waals surface area contributed by atoms with E-state index in [9.17, 15) is 13.6 Å². The first-order valence-corrected chi connectivity index (χ1v) is 7.11. The minimum atomic E-state index is -2.84. The van der Waals surface area contributed by atoms with Crippen molar-refractivity contribution in [3.8, 4) is 5.75 Å². The zero-order chi connectivity index (χ0) is 15.4. The number of hydrogen-bond donors (Lipinski definition) is 1. The van der Waals surface area contributed by atoms with E-state index in [-0.39, 0.29) is 17.7 Å². The monoisotopic (exact) mass is 298 g/mol. The van der Waals surface area contributed by atoms with E-state index in [0.29, 0.717) is 19.4 Å². The van der Waals surface area contributed by atoms with Crippen LogP contribution in [-0.2, 0) is 11.2 Å². The molecule has 0 saturated carbocycles. The summed E-state index contributed by atoms with van der Waals surface area (Å²) in [5, 5.41) is 0. The van der Waals surface area contributed by atoms with Crippen LogP contribution in [0.2, 0.25) is 0 Å². The van der Waals surface area contributed by atoms with Crippen molar-refractivity contribution in [2.45, 2.75) is 45.3 Å². The number of alkyl halides is 2. The lowest BCUT2D eigenvalue weighted by molar-refractivity contribution is -0.118. The van der Waals surface area contributed by atoms with Crippen LogP contribution in [0.4, 0.5) is 14.5 Å². The highest BCUT2D eigenvalue weighted by atomic mass is 19.3. The highest BCUT2D eigenvalue weighted by Gasteiger charge is 2.23. The number of carbonyl (C=O) groups is 1. The molecule has 1 aliphatic heterocycles. The Balaban J connectivity index is 2.13. The smallest absolute Gasteiger partial charge is 0.387 e. The van der Waals surface area contributed by atoms with Crippen LogP contribution in [0.1, 0.15) is 31.7 Å². The molecule has 116 valence electrons. The van der Waals surface area contributed by atoms with Crippen molar-refractivity contribution in [1.29, 1.82) is 0 Å². The summed E-state index contributed by atoms with van der Waals surface area (Å²) in [5.41, 5.74) is 7.33. The second kappa shape index (κ2) is 6.85. The predicted octanol–water partition coefficient (Wildman–Crippen LogP) is 2.69. The Morgan fingerprint density at radius 2 is 2.24 bits per heavy atom. The van der Waals surface area contributed by atoms with Gasteiger partial charge in [0.2, 0.25) is 5.91 Å². The molecule has 0 saturated heterocycles. The van der Waals surface area contributed by atoms with E-state index >= 15 is 0 Å². The molecule has 0 spiro atoms. The van der Waals surface area contributed by atoms with Crippen molar-refractivity contribution in [3.63, 3.8) is 0 Å². The maximum absolute atomic E-state index is 12.2. The third kappa shape index (κ3) is 4.14. The van der Waals surface area contributed by atoms with Gasteiger partial charge in [0.25, 0.3) is 0 Å². The number of rotatable bonds is 5. The molecule has 2 N–H and O–H groups in total. The van der Waals surface area contributed by atoms with Gasteiger partial charge in [-0.1, -0.05) is 0 Å². The van der Waals surface area contributed by atoms with E-state index in [0.717, 1.165) is 24.1 Å². The van der Waals surface area contributed by atoms with Crippen molar-refractivity contribution in [2.75, 3.05) is 11.4 Å². The van der Waals surface area contributed by atoms with Crippen molar-refractivity contribution < 1.29 is 18.3 Å². The lowest BCUT2D eigenvalue weighted by atomic mass is 10.0. The fraction of sp³-hybridized carbons (Fsp3) is 0.533. The topological polar surface area (TPSA) is 55.6 Å². The van der Waals surface area contributed by atoms with Crippen molar-refractivity contribution in [3.05, 3.63) is 23.8 Å². The highest BCUT2D eigenvalue weighted by Crippen LogP contribution is 2.31. The minimum Gasteiger partial charge on any atom is -0.435 e. The Morgan fingerprint density at radius 3 is 2.90 bits per heavy atom. The molecule has 0 fully saturated rings. The Kier molecular flexibility index (Phi) is 5.12. The van der Waals surface area contributed by atoms with Gasteiger partial charge in [-0.25, -0.2) is 0 Å². The van der Waals surface area contributed by atoms with Crippen molar-refractivity contribution in [1.82, 2.24) is 0 Å². The highest BCUT2D eigenvalue weighted by molar-refractivity contribution is 5.94. The zero-order valence-corrected chi connectivity index (χ0v) is 12.0. The number of ether oxygens (including phenoxy) is 1. The number of nitrogens with two attached hydrogens (primary N) is 1. The van der Waals surface area contributed by atoms with E-state index in [4.69, 9.17) is 5.73 Å². The molecule has 1 heterocycles. The summed E-state index contributed by atoms with van der Waals surface area (Å²) in [6, 6.07) is 4.73. The number of hydrogen-bond acceptors (Lipinski definition) is 3. The average Bonchev–Trinajstić information content (AvgIpc) is 2.43. The maximum atomic E-state index is 12.2. The Hall–Kier alpha value is -1.69. The van der Waals surface area contributed by atoms with Crippen molar-refractivity contribution in [2.24, 2.45) is 5.73 Å². The second-order valence-electron chi connectivity index (χ2n) is 5.33. The summed E-state index contributed by atoms with van der Waals surface area (Å²) in [5.74, 6) is 0.157. The van der Waals surface area contributed by atoms with Crippen LogP contribution in [-0.4, -0.2) is 25.1 Å². The molecule has 1 unspecified atom stereocenters. The molecule has 4 nitrogen and oxygen atoms in total.